The summed E-state index contributed by atoms with van der Waals surface area (Å²) in [5, 5.41) is 7.36. The lowest BCUT2D eigenvalue weighted by atomic mass is 10.2. The summed E-state index contributed by atoms with van der Waals surface area (Å²) in [6, 6.07) is 9.34. The molecular formula is C21H21ClF2N4O2. The molecule has 0 fully saturated rings. The Morgan fingerprint density at radius 3 is 2.67 bits per heavy atom. The molecule has 2 aromatic carbocycles. The van der Waals surface area contributed by atoms with E-state index in [0.717, 1.165) is 28.2 Å². The SMILES string of the molecule is C=NC(=O)/C(=C\Nc1cc(Cl)cc2[nH]ccc12)OC.CNCc1ccc(F)c(F)c1. The number of nitrogens with one attached hydrogen (secondary N) is 3. The van der Waals surface area contributed by atoms with Gasteiger partial charge in [0.05, 0.1) is 7.11 Å². The summed E-state index contributed by atoms with van der Waals surface area (Å²) in [5.41, 5.74) is 2.40. The number of carbonyl (C=O) groups is 1. The Morgan fingerprint density at radius 1 is 1.27 bits per heavy atom. The van der Waals surface area contributed by atoms with Crippen LogP contribution in [0.15, 0.2) is 59.5 Å². The highest BCUT2D eigenvalue weighted by Crippen LogP contribution is 2.27. The Labute approximate surface area is 177 Å². The van der Waals surface area contributed by atoms with E-state index in [9.17, 15) is 13.6 Å². The number of rotatable bonds is 6. The van der Waals surface area contributed by atoms with Crippen LogP contribution in [0.25, 0.3) is 10.9 Å². The van der Waals surface area contributed by atoms with Crippen molar-refractivity contribution >= 4 is 40.8 Å². The Morgan fingerprint density at radius 2 is 2.03 bits per heavy atom. The van der Waals surface area contributed by atoms with Gasteiger partial charge >= 0.3 is 5.91 Å². The van der Waals surface area contributed by atoms with Gasteiger partial charge in [0.1, 0.15) is 0 Å². The normalized spacial score (nSPS) is 10.9. The zero-order chi connectivity index (χ0) is 22.1. The van der Waals surface area contributed by atoms with Gasteiger partial charge in [0.25, 0.3) is 0 Å². The van der Waals surface area contributed by atoms with Crippen LogP contribution in [0, 0.1) is 11.6 Å². The first-order valence-corrected chi connectivity index (χ1v) is 9.14. The van der Waals surface area contributed by atoms with E-state index in [2.05, 4.69) is 27.3 Å². The van der Waals surface area contributed by atoms with Gasteiger partial charge in [-0.1, -0.05) is 17.7 Å². The van der Waals surface area contributed by atoms with E-state index in [1.807, 2.05) is 18.3 Å². The number of nitrogens with zero attached hydrogens (tertiary/aromatic N) is 1. The second-order valence-corrected chi connectivity index (χ2v) is 6.43. The predicted octanol–water partition coefficient (Wildman–Crippen LogP) is 4.63. The number of amides is 1. The lowest BCUT2D eigenvalue weighted by molar-refractivity contribution is -0.117. The molecule has 1 aromatic heterocycles. The van der Waals surface area contributed by atoms with Gasteiger partial charge in [0, 0.05) is 40.6 Å². The first-order chi connectivity index (χ1) is 14.4. The molecule has 158 valence electrons. The highest BCUT2D eigenvalue weighted by Gasteiger charge is 2.08. The Kier molecular flexibility index (Phi) is 8.52. The van der Waals surface area contributed by atoms with Crippen molar-refractivity contribution in [2.45, 2.75) is 6.54 Å². The number of anilines is 1. The highest BCUT2D eigenvalue weighted by molar-refractivity contribution is 6.31. The van der Waals surface area contributed by atoms with E-state index >= 15 is 0 Å². The molecule has 6 nitrogen and oxygen atoms in total. The average Bonchev–Trinajstić information content (AvgIpc) is 3.20. The maximum Gasteiger partial charge on any atom is 0.312 e. The van der Waals surface area contributed by atoms with E-state index in [0.29, 0.717) is 11.6 Å². The number of carbonyl (C=O) groups excluding carboxylic acids is 1. The van der Waals surface area contributed by atoms with E-state index < -0.39 is 17.5 Å². The molecule has 0 aliphatic rings. The maximum atomic E-state index is 12.5. The monoisotopic (exact) mass is 434 g/mol. The number of fused-ring (bicyclic) bond motifs is 1. The van der Waals surface area contributed by atoms with Crippen molar-refractivity contribution < 1.29 is 18.3 Å². The van der Waals surface area contributed by atoms with Gasteiger partial charge in [0.15, 0.2) is 11.6 Å². The lowest BCUT2D eigenvalue weighted by Gasteiger charge is -2.06. The molecule has 0 atom stereocenters. The molecule has 30 heavy (non-hydrogen) atoms. The van der Waals surface area contributed by atoms with Crippen molar-refractivity contribution in [2.75, 3.05) is 19.5 Å². The predicted molar refractivity (Wildman–Crippen MR) is 116 cm³/mol. The average molecular weight is 435 g/mol. The number of aromatic amines is 1. The minimum atomic E-state index is -0.801. The third-order valence-corrected chi connectivity index (χ3v) is 4.15. The number of aliphatic imine (C=N–C) groups is 1. The van der Waals surface area contributed by atoms with Crippen molar-refractivity contribution in [1.29, 1.82) is 0 Å². The third kappa shape index (κ3) is 6.13. The zero-order valence-corrected chi connectivity index (χ0v) is 17.2. The summed E-state index contributed by atoms with van der Waals surface area (Å²) in [4.78, 5) is 17.7. The van der Waals surface area contributed by atoms with Crippen molar-refractivity contribution in [3.63, 3.8) is 0 Å². The van der Waals surface area contributed by atoms with Gasteiger partial charge in [-0.15, -0.1) is 0 Å². The Bertz CT molecular complexity index is 1070. The molecule has 0 unspecified atom stereocenters. The highest BCUT2D eigenvalue weighted by atomic mass is 35.5. The number of hydrogen-bond acceptors (Lipinski definition) is 4. The molecule has 1 amide bonds. The zero-order valence-electron chi connectivity index (χ0n) is 16.4. The lowest BCUT2D eigenvalue weighted by Crippen LogP contribution is -2.05. The van der Waals surface area contributed by atoms with Crippen LogP contribution in [0.3, 0.4) is 0 Å². The summed E-state index contributed by atoms with van der Waals surface area (Å²) in [6.07, 6.45) is 3.23. The molecule has 0 saturated carbocycles. The largest absolute Gasteiger partial charge is 0.490 e. The first-order valence-electron chi connectivity index (χ1n) is 8.76. The number of halogens is 3. The summed E-state index contributed by atoms with van der Waals surface area (Å²) in [6.45, 7) is 3.72. The molecular weight excluding hydrogens is 414 g/mol. The fraction of sp³-hybridized carbons (Fsp3) is 0.143. The van der Waals surface area contributed by atoms with Crippen LogP contribution >= 0.6 is 11.6 Å². The Balaban J connectivity index is 0.000000248. The van der Waals surface area contributed by atoms with Gasteiger partial charge in [-0.3, -0.25) is 4.79 Å². The van der Waals surface area contributed by atoms with E-state index in [4.69, 9.17) is 16.3 Å². The van der Waals surface area contributed by atoms with Gasteiger partial charge in [-0.05, 0) is 49.7 Å². The molecule has 0 saturated heterocycles. The van der Waals surface area contributed by atoms with Gasteiger partial charge in [-0.25, -0.2) is 13.8 Å². The van der Waals surface area contributed by atoms with Crippen LogP contribution in [0.4, 0.5) is 14.5 Å². The van der Waals surface area contributed by atoms with Crippen molar-refractivity contribution in [3.05, 3.63) is 76.8 Å². The van der Waals surface area contributed by atoms with Crippen LogP contribution in [0.2, 0.25) is 5.02 Å². The molecule has 9 heteroatoms. The van der Waals surface area contributed by atoms with Crippen LogP contribution in [-0.4, -0.2) is 31.8 Å². The number of benzene rings is 2. The molecule has 0 aliphatic heterocycles. The van der Waals surface area contributed by atoms with Crippen molar-refractivity contribution in [3.8, 4) is 0 Å². The van der Waals surface area contributed by atoms with Crippen molar-refractivity contribution in [2.24, 2.45) is 4.99 Å². The first kappa shape index (κ1) is 23.1. The smallest absolute Gasteiger partial charge is 0.312 e. The Hall–Kier alpha value is -3.23. The molecule has 3 rings (SSSR count). The number of hydrogen-bond donors (Lipinski definition) is 3. The molecule has 1 heterocycles. The van der Waals surface area contributed by atoms with E-state index in [-0.39, 0.29) is 5.76 Å². The second kappa shape index (κ2) is 11.1. The third-order valence-electron chi connectivity index (χ3n) is 3.93. The van der Waals surface area contributed by atoms with Crippen molar-refractivity contribution in [1.82, 2.24) is 10.3 Å². The molecule has 3 N–H and O–H groups in total. The number of aromatic nitrogens is 1. The van der Waals surface area contributed by atoms with E-state index in [1.54, 1.807) is 19.2 Å². The minimum absolute atomic E-state index is 0.0682. The van der Waals surface area contributed by atoms with Crippen LogP contribution < -0.4 is 10.6 Å². The molecule has 0 aliphatic carbocycles. The second-order valence-electron chi connectivity index (χ2n) is 5.99. The van der Waals surface area contributed by atoms with Gasteiger partial charge in [-0.2, -0.15) is 0 Å². The summed E-state index contributed by atoms with van der Waals surface area (Å²) >= 11 is 6.01. The maximum absolute atomic E-state index is 12.5. The molecule has 0 spiro atoms. The van der Waals surface area contributed by atoms with Gasteiger partial charge in [0.2, 0.25) is 5.76 Å². The topological polar surface area (TPSA) is 78.5 Å². The minimum Gasteiger partial charge on any atom is -0.490 e. The summed E-state index contributed by atoms with van der Waals surface area (Å²) in [5.74, 6) is -2.07. The van der Waals surface area contributed by atoms with E-state index in [1.165, 1.54) is 19.4 Å². The fourth-order valence-electron chi connectivity index (χ4n) is 2.53. The molecule has 3 aromatic rings. The molecule has 0 bridgehead atoms. The standard InChI is InChI=1S/C13H12ClN3O2.C8H9F2N/c1-15-13(18)12(19-2)7-17-11-6-8(14)5-10-9(11)3-4-16-10;1-11-5-6-2-3-7(9)8(10)4-6/h3-7,16-17H,1H2,2H3;2-4,11H,5H2,1H3/b12-7+;. The van der Waals surface area contributed by atoms with Crippen LogP contribution in [0.5, 0.6) is 0 Å². The fourth-order valence-corrected chi connectivity index (χ4v) is 2.75. The molecule has 0 radical (unpaired) electrons. The number of methoxy groups -OCH3 is 1. The summed E-state index contributed by atoms with van der Waals surface area (Å²) in [7, 11) is 3.14. The summed E-state index contributed by atoms with van der Waals surface area (Å²) < 4.78 is 29.8. The van der Waals surface area contributed by atoms with Crippen LogP contribution in [-0.2, 0) is 16.1 Å². The quantitative estimate of drug-likeness (QED) is 0.300. The van der Waals surface area contributed by atoms with Gasteiger partial charge < -0.3 is 20.4 Å². The number of ether oxygens (including phenoxy) is 1. The van der Waals surface area contributed by atoms with Crippen LogP contribution in [0.1, 0.15) is 5.56 Å². The number of H-pyrrole nitrogens is 1.